The van der Waals surface area contributed by atoms with Crippen molar-refractivity contribution in [3.63, 3.8) is 0 Å². The van der Waals surface area contributed by atoms with E-state index >= 15 is 0 Å². The number of likely N-dealkylation sites (N-methyl/N-ethyl adjacent to an activating group) is 1. The van der Waals surface area contributed by atoms with Gasteiger partial charge in [0, 0.05) is 76.7 Å². The lowest BCUT2D eigenvalue weighted by atomic mass is 9.65. The monoisotopic (exact) mass is 616 g/mol. The Morgan fingerprint density at radius 1 is 1.00 bits per heavy atom. The van der Waals surface area contributed by atoms with E-state index in [0.29, 0.717) is 12.0 Å². The Hall–Kier alpha value is -3.35. The van der Waals surface area contributed by atoms with Gasteiger partial charge in [0.1, 0.15) is 0 Å². The number of para-hydroxylation sites is 1. The van der Waals surface area contributed by atoms with Gasteiger partial charge in [0.25, 0.3) is 0 Å². The lowest BCUT2D eigenvalue weighted by Gasteiger charge is -2.53. The van der Waals surface area contributed by atoms with Crippen molar-refractivity contribution in [1.29, 1.82) is 0 Å². The summed E-state index contributed by atoms with van der Waals surface area (Å²) in [5.74, 6) is 2.30. The van der Waals surface area contributed by atoms with Gasteiger partial charge in [-0.2, -0.15) is 0 Å². The molecule has 10 rings (SSSR count). The highest BCUT2D eigenvalue weighted by molar-refractivity contribution is 5.88. The molecule has 2 N–H and O–H groups in total. The molecule has 6 nitrogen and oxygen atoms in total. The fraction of sp³-hybridized carbons (Fsp3) is 0.525. The van der Waals surface area contributed by atoms with Gasteiger partial charge < -0.3 is 14.7 Å². The van der Waals surface area contributed by atoms with E-state index in [1.807, 2.05) is 0 Å². The number of aromatic nitrogens is 2. The summed E-state index contributed by atoms with van der Waals surface area (Å²) in [7, 11) is 3.74. The highest BCUT2D eigenvalue weighted by Crippen LogP contribution is 2.52. The second-order valence-electron chi connectivity index (χ2n) is 15.2. The summed E-state index contributed by atoms with van der Waals surface area (Å²) in [6, 6.07) is 16.8. The van der Waals surface area contributed by atoms with Gasteiger partial charge in [0.2, 0.25) is 0 Å². The van der Waals surface area contributed by atoms with Crippen LogP contribution in [0, 0.1) is 23.7 Å². The van der Waals surface area contributed by atoms with Gasteiger partial charge >= 0.3 is 5.97 Å². The first-order chi connectivity index (χ1) is 22.5. The number of esters is 1. The van der Waals surface area contributed by atoms with Crippen molar-refractivity contribution < 1.29 is 9.53 Å². The third-order valence-electron chi connectivity index (χ3n) is 13.2. The number of benzene rings is 2. The van der Waals surface area contributed by atoms with Crippen LogP contribution in [-0.2, 0) is 22.4 Å². The van der Waals surface area contributed by atoms with Crippen LogP contribution >= 0.6 is 0 Å². The average molecular weight is 617 g/mol. The number of hydrogen-bond donors (Lipinski definition) is 2. The Kier molecular flexibility index (Phi) is 6.80. The van der Waals surface area contributed by atoms with Crippen LogP contribution in [-0.4, -0.2) is 71.6 Å². The summed E-state index contributed by atoms with van der Waals surface area (Å²) in [6.45, 7) is 7.93. The molecular weight excluding hydrogens is 568 g/mol. The van der Waals surface area contributed by atoms with E-state index in [0.717, 1.165) is 37.6 Å². The predicted octanol–water partition coefficient (Wildman–Crippen LogP) is 7.15. The molecule has 6 heteroatoms. The van der Waals surface area contributed by atoms with Crippen LogP contribution in [0.15, 0.2) is 54.1 Å². The van der Waals surface area contributed by atoms with Crippen LogP contribution in [0.3, 0.4) is 0 Å². The number of likely N-dealkylation sites (tertiary alicyclic amines) is 1. The normalized spacial score (nSPS) is 34.6. The number of carbonyl (C=O) groups excluding carboxylic acids is 1. The van der Waals surface area contributed by atoms with Crippen LogP contribution in [0.4, 0.5) is 0 Å². The number of H-pyrrole nitrogens is 2. The number of nitrogens with one attached hydrogen (secondary N) is 2. The number of fused-ring (bicyclic) bond motifs is 9. The van der Waals surface area contributed by atoms with Crippen molar-refractivity contribution in [2.24, 2.45) is 23.7 Å². The number of carbonyl (C=O) groups is 1. The SMILES string of the molecule is CC=C1CN(C)C2Cc3c([nH]c4ccccc34)C(c3ccc4c5c([nH]c4c3)C3CC4CC(CC)C3N(CC5)C4)CC1C2C(=O)OC. The third kappa shape index (κ3) is 4.18. The lowest BCUT2D eigenvalue weighted by Crippen LogP contribution is -2.56. The topological polar surface area (TPSA) is 64.4 Å². The summed E-state index contributed by atoms with van der Waals surface area (Å²) >= 11 is 0. The summed E-state index contributed by atoms with van der Waals surface area (Å²) in [6.07, 6.45) is 9.16. The van der Waals surface area contributed by atoms with E-state index in [1.165, 1.54) is 82.2 Å². The number of piperidine rings is 3. The van der Waals surface area contributed by atoms with Crippen molar-refractivity contribution in [2.45, 2.75) is 76.3 Å². The zero-order valence-electron chi connectivity index (χ0n) is 27.8. The van der Waals surface area contributed by atoms with E-state index < -0.39 is 0 Å². The van der Waals surface area contributed by atoms with Gasteiger partial charge in [-0.3, -0.25) is 14.6 Å². The molecule has 2 aliphatic carbocycles. The van der Waals surface area contributed by atoms with E-state index in [-0.39, 0.29) is 29.8 Å². The minimum absolute atomic E-state index is 0.0762. The van der Waals surface area contributed by atoms with Crippen molar-refractivity contribution in [3.05, 3.63) is 82.2 Å². The number of aromatic amines is 2. The molecule has 9 unspecified atom stereocenters. The maximum Gasteiger partial charge on any atom is 0.310 e. The van der Waals surface area contributed by atoms with E-state index in [2.05, 4.69) is 89.2 Å². The second-order valence-corrected chi connectivity index (χ2v) is 15.2. The molecule has 1 saturated carbocycles. The first kappa shape index (κ1) is 28.8. The summed E-state index contributed by atoms with van der Waals surface area (Å²) < 4.78 is 5.54. The standard InChI is InChI=1S/C40H48N4O2/c1-5-23-15-22-16-32-37-28(13-14-44(20-22)39(23)32)27-12-11-25(17-34(27)42-37)30-18-29-24(6-2)21-43(3)35(36(29)40(45)46-4)19-31-26-9-7-8-10-33(26)41-38(30)31/h6-12,17,22-23,29-30,32,35-36,39,41-42H,5,13-16,18-21H2,1-4H3. The largest absolute Gasteiger partial charge is 0.469 e. The average Bonchev–Trinajstić information content (AvgIpc) is 3.60. The molecule has 4 aliphatic heterocycles. The van der Waals surface area contributed by atoms with Crippen molar-refractivity contribution in [1.82, 2.24) is 19.8 Å². The first-order valence-electron chi connectivity index (χ1n) is 17.9. The molecule has 9 atom stereocenters. The van der Waals surface area contributed by atoms with E-state index in [1.54, 1.807) is 12.7 Å². The first-order valence-corrected chi connectivity index (χ1v) is 17.9. The molecule has 2 aromatic heterocycles. The molecule has 6 heterocycles. The fourth-order valence-electron chi connectivity index (χ4n) is 11.2. The molecule has 2 aromatic carbocycles. The molecule has 240 valence electrons. The molecular formula is C40H48N4O2. The highest BCUT2D eigenvalue weighted by atomic mass is 16.5. The number of rotatable bonds is 3. The zero-order chi connectivity index (χ0) is 31.3. The maximum atomic E-state index is 13.6. The summed E-state index contributed by atoms with van der Waals surface area (Å²) in [5.41, 5.74) is 11.0. The van der Waals surface area contributed by atoms with Gasteiger partial charge in [0.05, 0.1) is 13.0 Å². The lowest BCUT2D eigenvalue weighted by molar-refractivity contribution is -0.151. The minimum Gasteiger partial charge on any atom is -0.469 e. The molecule has 6 aliphatic rings. The van der Waals surface area contributed by atoms with Crippen LogP contribution < -0.4 is 0 Å². The molecule has 0 amide bonds. The third-order valence-corrected chi connectivity index (χ3v) is 13.2. The zero-order valence-corrected chi connectivity index (χ0v) is 27.8. The molecule has 4 fully saturated rings. The molecule has 3 saturated heterocycles. The Labute approximate surface area is 272 Å². The second kappa shape index (κ2) is 10.8. The molecule has 4 aromatic rings. The Bertz CT molecular complexity index is 1870. The predicted molar refractivity (Wildman–Crippen MR) is 184 cm³/mol. The quantitative estimate of drug-likeness (QED) is 0.190. The van der Waals surface area contributed by atoms with Gasteiger partial charge in [-0.15, -0.1) is 0 Å². The molecule has 0 spiro atoms. The number of methoxy groups -OCH3 is 1. The van der Waals surface area contributed by atoms with Gasteiger partial charge in [-0.1, -0.05) is 55.3 Å². The van der Waals surface area contributed by atoms with Crippen LogP contribution in [0.25, 0.3) is 21.8 Å². The van der Waals surface area contributed by atoms with E-state index in [4.69, 9.17) is 4.74 Å². The number of hydrogen-bond acceptors (Lipinski definition) is 4. The maximum absolute atomic E-state index is 13.6. The highest BCUT2D eigenvalue weighted by Gasteiger charge is 2.49. The Balaban J connectivity index is 1.19. The number of nitrogens with zero attached hydrogens (tertiary/aromatic N) is 2. The van der Waals surface area contributed by atoms with Crippen LogP contribution in [0.1, 0.15) is 79.4 Å². The summed E-state index contributed by atoms with van der Waals surface area (Å²) in [4.78, 5) is 26.9. The van der Waals surface area contributed by atoms with E-state index in [9.17, 15) is 4.79 Å². The molecule has 6 bridgehead atoms. The Morgan fingerprint density at radius 2 is 1.83 bits per heavy atom. The van der Waals surface area contributed by atoms with Crippen molar-refractivity contribution in [3.8, 4) is 0 Å². The smallest absolute Gasteiger partial charge is 0.310 e. The van der Waals surface area contributed by atoms with Gasteiger partial charge in [0.15, 0.2) is 0 Å². The van der Waals surface area contributed by atoms with Gasteiger partial charge in [-0.25, -0.2) is 0 Å². The minimum atomic E-state index is -0.194. The van der Waals surface area contributed by atoms with Gasteiger partial charge in [-0.05, 0) is 92.7 Å². The summed E-state index contributed by atoms with van der Waals surface area (Å²) in [5, 5.41) is 2.70. The Morgan fingerprint density at radius 3 is 2.65 bits per heavy atom. The molecule has 0 radical (unpaired) electrons. The van der Waals surface area contributed by atoms with Crippen LogP contribution in [0.5, 0.6) is 0 Å². The molecule has 46 heavy (non-hydrogen) atoms. The van der Waals surface area contributed by atoms with Crippen molar-refractivity contribution in [2.75, 3.05) is 33.8 Å². The number of ether oxygens (including phenoxy) is 1. The number of allylic oxidation sites excluding steroid dienone is 1. The van der Waals surface area contributed by atoms with Crippen LogP contribution in [0.2, 0.25) is 0 Å². The van der Waals surface area contributed by atoms with Crippen molar-refractivity contribution >= 4 is 27.8 Å². The fourth-order valence-corrected chi connectivity index (χ4v) is 11.2.